The summed E-state index contributed by atoms with van der Waals surface area (Å²) in [6.45, 7) is 10.6. The molecule has 0 radical (unpaired) electrons. The maximum atomic E-state index is 15.0. The van der Waals surface area contributed by atoms with E-state index < -0.39 is 23.8 Å². The molecule has 8 heteroatoms. The normalized spacial score (nSPS) is 25.4. The lowest BCUT2D eigenvalue weighted by Crippen LogP contribution is -2.55. The van der Waals surface area contributed by atoms with Crippen molar-refractivity contribution in [2.75, 3.05) is 19.6 Å². The molecule has 196 valence electrons. The molecule has 3 aliphatic rings. The second-order valence-corrected chi connectivity index (χ2v) is 11.5. The number of likely N-dealkylation sites (tertiary alicyclic amines) is 2. The first kappa shape index (κ1) is 26.4. The number of fused-ring (bicyclic) bond motifs is 2. The Hall–Kier alpha value is -2.66. The van der Waals surface area contributed by atoms with Gasteiger partial charge in [0.1, 0.15) is 23.5 Å². The van der Waals surface area contributed by atoms with Crippen LogP contribution in [0.15, 0.2) is 18.2 Å². The molecule has 1 aromatic rings. The van der Waals surface area contributed by atoms with Gasteiger partial charge in [-0.1, -0.05) is 19.1 Å². The average Bonchev–Trinajstić information content (AvgIpc) is 3.45. The molecule has 1 aromatic carbocycles. The highest BCUT2D eigenvalue weighted by Crippen LogP contribution is 2.43. The number of hydrogen-bond donors (Lipinski definition) is 1. The Labute approximate surface area is 214 Å². The van der Waals surface area contributed by atoms with Crippen molar-refractivity contribution in [3.05, 3.63) is 35.1 Å². The average molecular weight is 499 g/mol. The van der Waals surface area contributed by atoms with Gasteiger partial charge in [-0.15, -0.1) is 0 Å². The van der Waals surface area contributed by atoms with Gasteiger partial charge in [0.15, 0.2) is 0 Å². The summed E-state index contributed by atoms with van der Waals surface area (Å²) in [6.07, 6.45) is 4.10. The van der Waals surface area contributed by atoms with Crippen LogP contribution in [0, 0.1) is 23.1 Å². The van der Waals surface area contributed by atoms with E-state index in [4.69, 9.17) is 4.74 Å². The van der Waals surface area contributed by atoms with E-state index in [0.717, 1.165) is 57.3 Å². The van der Waals surface area contributed by atoms with Crippen LogP contribution in [0.2, 0.25) is 0 Å². The Morgan fingerprint density at radius 3 is 2.56 bits per heavy atom. The van der Waals surface area contributed by atoms with Crippen LogP contribution in [0.4, 0.5) is 9.18 Å². The molecule has 7 nitrogen and oxygen atoms in total. The van der Waals surface area contributed by atoms with Gasteiger partial charge < -0.3 is 15.0 Å². The Morgan fingerprint density at radius 2 is 1.94 bits per heavy atom. The summed E-state index contributed by atoms with van der Waals surface area (Å²) in [5.74, 6) is -0.300. The number of hydrogen-bond acceptors (Lipinski definition) is 5. The lowest BCUT2D eigenvalue weighted by atomic mass is 9.88. The summed E-state index contributed by atoms with van der Waals surface area (Å²) in [4.78, 5) is 30.1. The summed E-state index contributed by atoms with van der Waals surface area (Å²) in [6, 6.07) is 5.85. The zero-order valence-corrected chi connectivity index (χ0v) is 21.9. The number of nitrogens with one attached hydrogen (secondary N) is 1. The van der Waals surface area contributed by atoms with Gasteiger partial charge >= 0.3 is 6.09 Å². The van der Waals surface area contributed by atoms with Crippen molar-refractivity contribution in [1.29, 1.82) is 5.26 Å². The molecule has 1 saturated carbocycles. The van der Waals surface area contributed by atoms with Gasteiger partial charge in [0, 0.05) is 12.5 Å². The van der Waals surface area contributed by atoms with Crippen molar-refractivity contribution in [3.8, 4) is 6.07 Å². The molecule has 4 atom stereocenters. The van der Waals surface area contributed by atoms with Gasteiger partial charge in [0.05, 0.1) is 6.07 Å². The standard InChI is InChI=1S/C28H39FN4O3/c1-5-32-12-10-18(11-13-32)19-6-7-20(24(29)16-19)14-22(17-30)31-26(34)25-21-8-9-23(15-21)33(25)27(35)36-28(2,3)4/h6-7,16,18,21-23,25H,5,8-15H2,1-4H3,(H,31,34)/t21-,22-,23+,25-/m0/s1. The molecule has 3 fully saturated rings. The third kappa shape index (κ3) is 5.83. The van der Waals surface area contributed by atoms with Crippen molar-refractivity contribution >= 4 is 12.0 Å². The molecule has 1 aliphatic carbocycles. The smallest absolute Gasteiger partial charge is 0.411 e. The number of nitrogens with zero attached hydrogens (tertiary/aromatic N) is 3. The van der Waals surface area contributed by atoms with Crippen LogP contribution >= 0.6 is 0 Å². The SMILES string of the molecule is CCN1CCC(c2ccc(C[C@@H](C#N)NC(=O)[C@@H]3[C@H]4CC[C@H](C4)N3C(=O)OC(C)(C)C)c(F)c2)CC1. The quantitative estimate of drug-likeness (QED) is 0.630. The van der Waals surface area contributed by atoms with E-state index in [0.29, 0.717) is 11.5 Å². The zero-order valence-electron chi connectivity index (χ0n) is 21.9. The van der Waals surface area contributed by atoms with Crippen molar-refractivity contribution in [3.63, 3.8) is 0 Å². The second kappa shape index (κ2) is 10.8. The Morgan fingerprint density at radius 1 is 1.22 bits per heavy atom. The minimum absolute atomic E-state index is 0.0182. The molecule has 2 saturated heterocycles. The highest BCUT2D eigenvalue weighted by atomic mass is 19.1. The van der Waals surface area contributed by atoms with Gasteiger partial charge in [0.2, 0.25) is 5.91 Å². The van der Waals surface area contributed by atoms with Crippen LogP contribution < -0.4 is 5.32 Å². The lowest BCUT2D eigenvalue weighted by Gasteiger charge is -2.35. The third-order valence-corrected chi connectivity index (χ3v) is 7.94. The fraction of sp³-hybridized carbons (Fsp3) is 0.679. The lowest BCUT2D eigenvalue weighted by molar-refractivity contribution is -0.128. The molecule has 0 aromatic heterocycles. The number of amides is 2. The Kier molecular flexibility index (Phi) is 7.89. The molecule has 2 aliphatic heterocycles. The minimum atomic E-state index is -0.884. The number of ether oxygens (including phenoxy) is 1. The van der Waals surface area contributed by atoms with Crippen LogP contribution in [0.3, 0.4) is 0 Å². The monoisotopic (exact) mass is 498 g/mol. The predicted molar refractivity (Wildman–Crippen MR) is 135 cm³/mol. The molecule has 2 amide bonds. The first-order valence-electron chi connectivity index (χ1n) is 13.3. The topological polar surface area (TPSA) is 85.7 Å². The molecule has 1 N–H and O–H groups in total. The number of rotatable bonds is 6. The third-order valence-electron chi connectivity index (χ3n) is 7.94. The zero-order chi connectivity index (χ0) is 26.0. The van der Waals surface area contributed by atoms with Crippen molar-refractivity contribution in [1.82, 2.24) is 15.1 Å². The summed E-state index contributed by atoms with van der Waals surface area (Å²) in [7, 11) is 0. The highest BCUT2D eigenvalue weighted by Gasteiger charge is 2.52. The highest BCUT2D eigenvalue weighted by molar-refractivity contribution is 5.87. The number of carbonyl (C=O) groups excluding carboxylic acids is 2. The largest absolute Gasteiger partial charge is 0.444 e. The van der Waals surface area contributed by atoms with E-state index in [1.54, 1.807) is 37.8 Å². The minimum Gasteiger partial charge on any atom is -0.444 e. The second-order valence-electron chi connectivity index (χ2n) is 11.5. The van der Waals surface area contributed by atoms with E-state index in [1.165, 1.54) is 0 Å². The predicted octanol–water partition coefficient (Wildman–Crippen LogP) is 4.36. The van der Waals surface area contributed by atoms with Crippen LogP contribution in [-0.2, 0) is 16.0 Å². The van der Waals surface area contributed by atoms with Crippen LogP contribution in [0.5, 0.6) is 0 Å². The molecule has 2 heterocycles. The van der Waals surface area contributed by atoms with Gasteiger partial charge in [-0.25, -0.2) is 9.18 Å². The van der Waals surface area contributed by atoms with E-state index in [2.05, 4.69) is 23.2 Å². The van der Waals surface area contributed by atoms with Crippen molar-refractivity contribution < 1.29 is 18.7 Å². The van der Waals surface area contributed by atoms with Gasteiger partial charge in [-0.3, -0.25) is 9.69 Å². The molecule has 0 unspecified atom stereocenters. The van der Waals surface area contributed by atoms with E-state index >= 15 is 4.39 Å². The van der Waals surface area contributed by atoms with Crippen LogP contribution in [-0.4, -0.2) is 65.2 Å². The number of carbonyl (C=O) groups is 2. The fourth-order valence-electron chi connectivity index (χ4n) is 6.07. The van der Waals surface area contributed by atoms with Gasteiger partial charge in [-0.05, 0) is 102 Å². The number of nitriles is 1. The molecule has 36 heavy (non-hydrogen) atoms. The first-order valence-corrected chi connectivity index (χ1v) is 13.3. The number of benzene rings is 1. The number of piperidine rings is 2. The maximum Gasteiger partial charge on any atom is 0.411 e. The van der Waals surface area contributed by atoms with E-state index in [1.807, 2.05) is 6.07 Å². The Balaban J connectivity index is 1.40. The van der Waals surface area contributed by atoms with Gasteiger partial charge in [-0.2, -0.15) is 5.26 Å². The van der Waals surface area contributed by atoms with Crippen molar-refractivity contribution in [2.45, 2.75) is 95.9 Å². The fourth-order valence-corrected chi connectivity index (χ4v) is 6.07. The van der Waals surface area contributed by atoms with Crippen LogP contribution in [0.25, 0.3) is 0 Å². The van der Waals surface area contributed by atoms with E-state index in [-0.39, 0.29) is 30.1 Å². The first-order chi connectivity index (χ1) is 17.1. The summed E-state index contributed by atoms with van der Waals surface area (Å²) in [5, 5.41) is 12.5. The summed E-state index contributed by atoms with van der Waals surface area (Å²) < 4.78 is 20.6. The van der Waals surface area contributed by atoms with Gasteiger partial charge in [0.25, 0.3) is 0 Å². The van der Waals surface area contributed by atoms with Crippen molar-refractivity contribution in [2.24, 2.45) is 5.92 Å². The van der Waals surface area contributed by atoms with Crippen LogP contribution in [0.1, 0.15) is 76.8 Å². The maximum absolute atomic E-state index is 15.0. The molecular formula is C28H39FN4O3. The number of halogens is 1. The summed E-state index contributed by atoms with van der Waals surface area (Å²) >= 11 is 0. The molecule has 2 bridgehead atoms. The molecule has 4 rings (SSSR count). The summed E-state index contributed by atoms with van der Waals surface area (Å²) in [5.41, 5.74) is 0.749. The molecular weight excluding hydrogens is 459 g/mol. The Bertz CT molecular complexity index is 1010. The molecule has 0 spiro atoms. The van der Waals surface area contributed by atoms with E-state index in [9.17, 15) is 14.9 Å².